The number of fused-ring (bicyclic) bond motifs is 3. The lowest BCUT2D eigenvalue weighted by molar-refractivity contribution is -0.126. The van der Waals surface area contributed by atoms with E-state index in [2.05, 4.69) is 15.3 Å². The van der Waals surface area contributed by atoms with Gasteiger partial charge in [0.2, 0.25) is 5.91 Å². The van der Waals surface area contributed by atoms with Crippen LogP contribution in [0.2, 0.25) is 0 Å². The van der Waals surface area contributed by atoms with Crippen LogP contribution in [0.15, 0.2) is 30.6 Å². The predicted molar refractivity (Wildman–Crippen MR) is 89.3 cm³/mol. The summed E-state index contributed by atoms with van der Waals surface area (Å²) < 4.78 is 21.2. The Kier molecular flexibility index (Phi) is 3.95. The van der Waals surface area contributed by atoms with Crippen LogP contribution in [0.3, 0.4) is 0 Å². The van der Waals surface area contributed by atoms with Gasteiger partial charge in [-0.15, -0.1) is 0 Å². The third kappa shape index (κ3) is 2.89. The summed E-state index contributed by atoms with van der Waals surface area (Å²) in [5, 5.41) is 7.10. The number of hydrogen-bond acceptors (Lipinski definition) is 4. The van der Waals surface area contributed by atoms with Gasteiger partial charge >= 0.3 is 0 Å². The molecule has 1 aromatic carbocycles. The van der Waals surface area contributed by atoms with Crippen molar-refractivity contribution in [3.63, 3.8) is 0 Å². The van der Waals surface area contributed by atoms with E-state index in [1.165, 1.54) is 12.1 Å². The third-order valence-corrected chi connectivity index (χ3v) is 5.17. The van der Waals surface area contributed by atoms with Crippen molar-refractivity contribution in [2.75, 3.05) is 20.2 Å². The molecule has 0 saturated carbocycles. The summed E-state index contributed by atoms with van der Waals surface area (Å²) in [6, 6.07) is 4.61. The lowest BCUT2D eigenvalue weighted by atomic mass is 9.85. The first-order valence-electron chi connectivity index (χ1n) is 8.40. The summed E-state index contributed by atoms with van der Waals surface area (Å²) in [4.78, 5) is 14.8. The van der Waals surface area contributed by atoms with Crippen LogP contribution >= 0.6 is 0 Å². The van der Waals surface area contributed by atoms with Crippen molar-refractivity contribution in [3.05, 3.63) is 47.5 Å². The van der Waals surface area contributed by atoms with Gasteiger partial charge in [0, 0.05) is 49.4 Å². The Morgan fingerprint density at radius 1 is 1.44 bits per heavy atom. The van der Waals surface area contributed by atoms with E-state index in [1.54, 1.807) is 16.9 Å². The largest absolute Gasteiger partial charge is 0.493 e. The number of aryl methyl sites for hydroxylation is 1. The Balaban J connectivity index is 1.50. The van der Waals surface area contributed by atoms with Crippen LogP contribution in [-0.2, 0) is 18.4 Å². The van der Waals surface area contributed by atoms with Crippen LogP contribution in [-0.4, -0.2) is 40.8 Å². The number of nitrogens with zero attached hydrogens (tertiary/aromatic N) is 3. The molecule has 0 unspecified atom stereocenters. The Hall–Kier alpha value is -2.41. The van der Waals surface area contributed by atoms with Crippen LogP contribution in [0.5, 0.6) is 5.75 Å². The van der Waals surface area contributed by atoms with Crippen molar-refractivity contribution >= 4 is 5.91 Å². The molecule has 4 rings (SSSR count). The van der Waals surface area contributed by atoms with Crippen LogP contribution in [0.4, 0.5) is 4.39 Å². The van der Waals surface area contributed by atoms with Crippen molar-refractivity contribution in [2.24, 2.45) is 18.9 Å². The summed E-state index contributed by atoms with van der Waals surface area (Å²) in [5.74, 6) is 0.287. The third-order valence-electron chi connectivity index (χ3n) is 5.17. The number of hydrogen-bond donors (Lipinski definition) is 1. The monoisotopic (exact) mass is 344 g/mol. The molecule has 3 heterocycles. The summed E-state index contributed by atoms with van der Waals surface area (Å²) in [5.41, 5.74) is 1.80. The molecule has 2 aliphatic rings. The first kappa shape index (κ1) is 16.1. The van der Waals surface area contributed by atoms with E-state index in [1.807, 2.05) is 20.3 Å². The van der Waals surface area contributed by atoms with Gasteiger partial charge in [-0.1, -0.05) is 0 Å². The normalized spacial score (nSPS) is 25.2. The Bertz CT molecular complexity index is 806. The van der Waals surface area contributed by atoms with Gasteiger partial charge in [-0.05, 0) is 25.2 Å². The van der Waals surface area contributed by atoms with Gasteiger partial charge in [0.15, 0.2) is 0 Å². The molecular weight excluding hydrogens is 323 g/mol. The van der Waals surface area contributed by atoms with Gasteiger partial charge in [0.1, 0.15) is 11.6 Å². The van der Waals surface area contributed by atoms with Crippen LogP contribution in [0.1, 0.15) is 17.2 Å². The topological polar surface area (TPSA) is 59.4 Å². The molecule has 2 aliphatic heterocycles. The zero-order chi connectivity index (χ0) is 17.6. The SMILES string of the molecule is CN1C[C@@H](C(=O)NCc2cnn(C)c2)[C@@H]2COc3ccc(F)cc3[C@@H]21. The van der Waals surface area contributed by atoms with Crippen LogP contribution < -0.4 is 10.1 Å². The van der Waals surface area contributed by atoms with Crippen molar-refractivity contribution < 1.29 is 13.9 Å². The average Bonchev–Trinajstić information content (AvgIpc) is 3.16. The highest BCUT2D eigenvalue weighted by molar-refractivity contribution is 5.80. The molecule has 1 saturated heterocycles. The first-order chi connectivity index (χ1) is 12.0. The van der Waals surface area contributed by atoms with E-state index in [9.17, 15) is 9.18 Å². The lowest BCUT2D eigenvalue weighted by Gasteiger charge is -2.33. The molecule has 25 heavy (non-hydrogen) atoms. The van der Waals surface area contributed by atoms with E-state index in [4.69, 9.17) is 4.74 Å². The summed E-state index contributed by atoms with van der Waals surface area (Å²) in [7, 11) is 3.82. The van der Waals surface area contributed by atoms with Crippen LogP contribution in [0, 0.1) is 17.7 Å². The number of aromatic nitrogens is 2. The minimum absolute atomic E-state index is 0.00616. The standard InChI is InChI=1S/C18H21FN4O2/c1-22-9-14(18(24)20-6-11-7-21-23(2)8-11)15-10-25-16-4-3-12(19)5-13(16)17(15)22/h3-5,7-8,14-15,17H,6,9-10H2,1-2H3,(H,20,24)/t14-,15+,17+/m1/s1. The molecule has 0 spiro atoms. The molecule has 132 valence electrons. The molecule has 2 aromatic rings. The molecule has 6 nitrogen and oxygen atoms in total. The Morgan fingerprint density at radius 2 is 2.28 bits per heavy atom. The smallest absolute Gasteiger partial charge is 0.225 e. The van der Waals surface area contributed by atoms with Crippen LogP contribution in [0.25, 0.3) is 0 Å². The van der Waals surface area contributed by atoms with E-state index < -0.39 is 0 Å². The fraction of sp³-hybridized carbons (Fsp3) is 0.444. The van der Waals surface area contributed by atoms with Gasteiger partial charge in [0.25, 0.3) is 0 Å². The zero-order valence-corrected chi connectivity index (χ0v) is 14.3. The number of nitrogens with one attached hydrogen (secondary N) is 1. The Labute approximate surface area is 145 Å². The molecule has 0 bridgehead atoms. The maximum atomic E-state index is 13.7. The summed E-state index contributed by atoms with van der Waals surface area (Å²) in [6.07, 6.45) is 3.62. The molecular formula is C18H21FN4O2. The first-order valence-corrected chi connectivity index (χ1v) is 8.40. The van der Waals surface area contributed by atoms with E-state index in [-0.39, 0.29) is 29.6 Å². The van der Waals surface area contributed by atoms with E-state index >= 15 is 0 Å². The molecule has 7 heteroatoms. The minimum atomic E-state index is -0.277. The molecule has 0 aliphatic carbocycles. The maximum absolute atomic E-state index is 13.7. The van der Waals surface area contributed by atoms with Crippen molar-refractivity contribution in [2.45, 2.75) is 12.6 Å². The molecule has 1 fully saturated rings. The van der Waals surface area contributed by atoms with E-state index in [0.717, 1.165) is 11.1 Å². The van der Waals surface area contributed by atoms with Crippen molar-refractivity contribution in [1.82, 2.24) is 20.0 Å². The highest BCUT2D eigenvalue weighted by Crippen LogP contribution is 2.46. The van der Waals surface area contributed by atoms with Gasteiger partial charge < -0.3 is 10.1 Å². The predicted octanol–water partition coefficient (Wildman–Crippen LogP) is 1.49. The lowest BCUT2D eigenvalue weighted by Crippen LogP contribution is -2.37. The fourth-order valence-corrected chi connectivity index (χ4v) is 4.01. The molecule has 1 amide bonds. The molecule has 3 atom stereocenters. The second-order valence-corrected chi connectivity index (χ2v) is 6.89. The Morgan fingerprint density at radius 3 is 3.04 bits per heavy atom. The minimum Gasteiger partial charge on any atom is -0.493 e. The van der Waals surface area contributed by atoms with Crippen molar-refractivity contribution in [3.8, 4) is 5.75 Å². The summed E-state index contributed by atoms with van der Waals surface area (Å²) >= 11 is 0. The number of ether oxygens (including phenoxy) is 1. The van der Waals surface area contributed by atoms with Gasteiger partial charge in [-0.25, -0.2) is 4.39 Å². The number of halogens is 1. The maximum Gasteiger partial charge on any atom is 0.225 e. The van der Waals surface area contributed by atoms with Gasteiger partial charge in [0.05, 0.1) is 18.7 Å². The number of rotatable bonds is 3. The van der Waals surface area contributed by atoms with Crippen molar-refractivity contribution in [1.29, 1.82) is 0 Å². The number of benzene rings is 1. The molecule has 1 N–H and O–H groups in total. The number of carbonyl (C=O) groups excluding carboxylic acids is 1. The number of likely N-dealkylation sites (tertiary alicyclic amines) is 1. The van der Waals surface area contributed by atoms with Gasteiger partial charge in [-0.2, -0.15) is 5.10 Å². The zero-order valence-electron chi connectivity index (χ0n) is 14.3. The quantitative estimate of drug-likeness (QED) is 0.916. The van der Waals surface area contributed by atoms with E-state index in [0.29, 0.717) is 25.4 Å². The summed E-state index contributed by atoms with van der Waals surface area (Å²) in [6.45, 7) is 1.56. The average molecular weight is 344 g/mol. The molecule has 0 radical (unpaired) electrons. The molecule has 1 aromatic heterocycles. The highest BCUT2D eigenvalue weighted by atomic mass is 19.1. The highest BCUT2D eigenvalue weighted by Gasteiger charge is 2.47. The van der Waals surface area contributed by atoms with Gasteiger partial charge in [-0.3, -0.25) is 14.4 Å². The second-order valence-electron chi connectivity index (χ2n) is 6.89. The number of amides is 1. The number of carbonyl (C=O) groups is 1. The second kappa shape index (κ2) is 6.15. The fourth-order valence-electron chi connectivity index (χ4n) is 4.01.